The maximum Gasteiger partial charge on any atom is 0.251 e. The van der Waals surface area contributed by atoms with Crippen LogP contribution in [0.15, 0.2) is 23.6 Å². The second-order valence-electron chi connectivity index (χ2n) is 7.56. The van der Waals surface area contributed by atoms with Crippen LogP contribution in [0.2, 0.25) is 0 Å². The Morgan fingerprint density at radius 1 is 1.30 bits per heavy atom. The number of carbonyl (C=O) groups excluding carboxylic acids is 1. The van der Waals surface area contributed by atoms with Crippen molar-refractivity contribution in [1.29, 1.82) is 0 Å². The van der Waals surface area contributed by atoms with E-state index in [0.29, 0.717) is 5.92 Å². The molecule has 2 bridgehead atoms. The van der Waals surface area contributed by atoms with E-state index in [2.05, 4.69) is 42.4 Å². The van der Waals surface area contributed by atoms with Crippen LogP contribution in [0.25, 0.3) is 10.1 Å². The summed E-state index contributed by atoms with van der Waals surface area (Å²) >= 11 is 1.74. The molecule has 122 valence electrons. The van der Waals surface area contributed by atoms with Gasteiger partial charge in [-0.25, -0.2) is 0 Å². The molecule has 3 fully saturated rings. The molecule has 5 rings (SSSR count). The quantitative estimate of drug-likeness (QED) is 0.909. The first kappa shape index (κ1) is 15.2. The zero-order chi connectivity index (χ0) is 16.2. The summed E-state index contributed by atoms with van der Waals surface area (Å²) in [5.74, 6) is 0.690. The molecule has 1 unspecified atom stereocenters. The van der Waals surface area contributed by atoms with Crippen molar-refractivity contribution in [2.24, 2.45) is 5.92 Å². The zero-order valence-corrected chi connectivity index (χ0v) is 14.9. The van der Waals surface area contributed by atoms with Crippen LogP contribution in [0, 0.1) is 12.8 Å². The summed E-state index contributed by atoms with van der Waals surface area (Å²) in [6.45, 7) is 9.00. The molecule has 1 N–H and O–H groups in total. The van der Waals surface area contributed by atoms with E-state index in [1.165, 1.54) is 41.6 Å². The number of carbonyl (C=O) groups is 1. The van der Waals surface area contributed by atoms with E-state index in [9.17, 15) is 4.79 Å². The molecule has 23 heavy (non-hydrogen) atoms. The average molecular weight is 328 g/mol. The molecule has 3 aliphatic rings. The van der Waals surface area contributed by atoms with Crippen molar-refractivity contribution in [2.75, 3.05) is 13.1 Å². The van der Waals surface area contributed by atoms with Gasteiger partial charge in [0.15, 0.2) is 0 Å². The third-order valence-electron chi connectivity index (χ3n) is 5.90. The Morgan fingerprint density at radius 3 is 2.74 bits per heavy atom. The van der Waals surface area contributed by atoms with Gasteiger partial charge in [0.05, 0.1) is 0 Å². The molecule has 0 saturated carbocycles. The van der Waals surface area contributed by atoms with E-state index in [1.54, 1.807) is 11.3 Å². The first-order chi connectivity index (χ1) is 11.0. The number of amides is 1. The smallest absolute Gasteiger partial charge is 0.251 e. The zero-order valence-electron chi connectivity index (χ0n) is 14.1. The van der Waals surface area contributed by atoms with E-state index in [-0.39, 0.29) is 17.5 Å². The van der Waals surface area contributed by atoms with E-state index < -0.39 is 0 Å². The number of aryl methyl sites for hydroxylation is 1. The van der Waals surface area contributed by atoms with Crippen LogP contribution in [0.3, 0.4) is 0 Å². The Hall–Kier alpha value is -1.39. The molecule has 3 aliphatic heterocycles. The van der Waals surface area contributed by atoms with Crippen molar-refractivity contribution in [3.63, 3.8) is 0 Å². The summed E-state index contributed by atoms with van der Waals surface area (Å²) in [5, 5.41) is 6.72. The van der Waals surface area contributed by atoms with Gasteiger partial charge in [-0.1, -0.05) is 0 Å². The Bertz CT molecular complexity index is 756. The third-order valence-corrected chi connectivity index (χ3v) is 6.98. The minimum absolute atomic E-state index is 0.0548. The van der Waals surface area contributed by atoms with E-state index >= 15 is 0 Å². The average Bonchev–Trinajstić information content (AvgIpc) is 2.92. The standard InChI is InChI=1S/C19H24N2OS/c1-12-11-23-16-5-4-14(10-15(12)16)18(22)20-17-13-6-8-21(9-7-13)19(17,2)3/h4-5,10-11,13,17H,6-9H2,1-3H3,(H,20,22). The minimum Gasteiger partial charge on any atom is -0.347 e. The number of benzene rings is 1. The maximum absolute atomic E-state index is 12.8. The second-order valence-corrected chi connectivity index (χ2v) is 8.47. The molecule has 4 heterocycles. The molecule has 1 aromatic carbocycles. The number of hydrogen-bond acceptors (Lipinski definition) is 3. The molecular formula is C19H24N2OS. The van der Waals surface area contributed by atoms with Gasteiger partial charge < -0.3 is 5.32 Å². The predicted molar refractivity (Wildman–Crippen MR) is 96.2 cm³/mol. The molecule has 3 nitrogen and oxygen atoms in total. The molecular weight excluding hydrogens is 304 g/mol. The van der Waals surface area contributed by atoms with Gasteiger partial charge in [-0.05, 0) is 87.1 Å². The van der Waals surface area contributed by atoms with Crippen LogP contribution >= 0.6 is 11.3 Å². The minimum atomic E-state index is 0.0548. The molecule has 3 saturated heterocycles. The normalized spacial score (nSPS) is 28.9. The summed E-state index contributed by atoms with van der Waals surface area (Å²) in [7, 11) is 0. The molecule has 1 aromatic heterocycles. The number of fused-ring (bicyclic) bond motifs is 4. The first-order valence-corrected chi connectivity index (χ1v) is 9.38. The highest BCUT2D eigenvalue weighted by Gasteiger charge is 2.48. The predicted octanol–water partition coefficient (Wildman–Crippen LogP) is 3.81. The van der Waals surface area contributed by atoms with E-state index in [0.717, 1.165) is 5.56 Å². The number of hydrogen-bond donors (Lipinski definition) is 1. The van der Waals surface area contributed by atoms with Gasteiger partial charge >= 0.3 is 0 Å². The van der Waals surface area contributed by atoms with Crippen molar-refractivity contribution in [3.8, 4) is 0 Å². The van der Waals surface area contributed by atoms with Crippen molar-refractivity contribution in [2.45, 2.75) is 45.2 Å². The summed E-state index contributed by atoms with van der Waals surface area (Å²) in [5.41, 5.74) is 2.09. The van der Waals surface area contributed by atoms with Gasteiger partial charge in [-0.2, -0.15) is 0 Å². The summed E-state index contributed by atoms with van der Waals surface area (Å²) in [4.78, 5) is 15.4. The Kier molecular flexibility index (Phi) is 3.50. The van der Waals surface area contributed by atoms with Crippen LogP contribution in [-0.4, -0.2) is 35.5 Å². The van der Waals surface area contributed by atoms with Gasteiger partial charge in [0.2, 0.25) is 0 Å². The summed E-state index contributed by atoms with van der Waals surface area (Å²) < 4.78 is 1.25. The van der Waals surface area contributed by atoms with Crippen molar-refractivity contribution in [3.05, 3.63) is 34.7 Å². The lowest BCUT2D eigenvalue weighted by molar-refractivity contribution is -0.0378. The van der Waals surface area contributed by atoms with Crippen LogP contribution in [0.5, 0.6) is 0 Å². The van der Waals surface area contributed by atoms with Crippen LogP contribution in [0.1, 0.15) is 42.6 Å². The molecule has 1 amide bonds. The molecule has 1 atom stereocenters. The van der Waals surface area contributed by atoms with Crippen molar-refractivity contribution in [1.82, 2.24) is 10.2 Å². The fourth-order valence-electron chi connectivity index (χ4n) is 4.40. The summed E-state index contributed by atoms with van der Waals surface area (Å²) in [6.07, 6.45) is 2.41. The Balaban J connectivity index is 1.60. The second kappa shape index (κ2) is 5.32. The number of thiophene rings is 1. The van der Waals surface area contributed by atoms with Gasteiger partial charge in [0, 0.05) is 21.8 Å². The Morgan fingerprint density at radius 2 is 2.04 bits per heavy atom. The topological polar surface area (TPSA) is 32.3 Å². The van der Waals surface area contributed by atoms with Gasteiger partial charge in [-0.3, -0.25) is 9.69 Å². The molecule has 2 aromatic rings. The lowest BCUT2D eigenvalue weighted by Crippen LogP contribution is -2.69. The largest absolute Gasteiger partial charge is 0.347 e. The van der Waals surface area contributed by atoms with Crippen LogP contribution in [-0.2, 0) is 0 Å². The number of rotatable bonds is 2. The lowest BCUT2D eigenvalue weighted by Gasteiger charge is -2.56. The number of nitrogens with zero attached hydrogens (tertiary/aromatic N) is 1. The van der Waals surface area contributed by atoms with Gasteiger partial charge in [-0.15, -0.1) is 11.3 Å². The molecule has 0 aliphatic carbocycles. The lowest BCUT2D eigenvalue weighted by atomic mass is 9.72. The van der Waals surface area contributed by atoms with Gasteiger partial charge in [0.1, 0.15) is 0 Å². The van der Waals surface area contributed by atoms with Crippen molar-refractivity contribution < 1.29 is 4.79 Å². The molecule has 0 radical (unpaired) electrons. The fourth-order valence-corrected chi connectivity index (χ4v) is 5.32. The van der Waals surface area contributed by atoms with E-state index in [1.807, 2.05) is 12.1 Å². The highest BCUT2D eigenvalue weighted by Crippen LogP contribution is 2.39. The Labute approximate surface area is 141 Å². The highest BCUT2D eigenvalue weighted by atomic mass is 32.1. The summed E-state index contributed by atoms with van der Waals surface area (Å²) in [6, 6.07) is 6.33. The van der Waals surface area contributed by atoms with Crippen LogP contribution in [0.4, 0.5) is 0 Å². The van der Waals surface area contributed by atoms with Crippen molar-refractivity contribution >= 4 is 27.3 Å². The first-order valence-electron chi connectivity index (χ1n) is 8.50. The number of nitrogens with one attached hydrogen (secondary N) is 1. The molecule has 0 spiro atoms. The monoisotopic (exact) mass is 328 g/mol. The fraction of sp³-hybridized carbons (Fsp3) is 0.526. The third kappa shape index (κ3) is 2.39. The molecule has 4 heteroatoms. The SMILES string of the molecule is Cc1csc2ccc(C(=O)NC3C4CCN(CC4)C3(C)C)cc12. The van der Waals surface area contributed by atoms with E-state index in [4.69, 9.17) is 0 Å². The maximum atomic E-state index is 12.8. The number of piperidine rings is 3. The highest BCUT2D eigenvalue weighted by molar-refractivity contribution is 7.17. The van der Waals surface area contributed by atoms with Gasteiger partial charge in [0.25, 0.3) is 5.91 Å². The van der Waals surface area contributed by atoms with Crippen LogP contribution < -0.4 is 5.32 Å².